The largest absolute Gasteiger partial charge is 0.264 e. The lowest BCUT2D eigenvalue weighted by Gasteiger charge is -1.96. The summed E-state index contributed by atoms with van der Waals surface area (Å²) in [5.41, 5.74) is 2.72. The van der Waals surface area contributed by atoms with Gasteiger partial charge >= 0.3 is 0 Å². The molecular formula is C8H5ClN2S. The van der Waals surface area contributed by atoms with Crippen LogP contribution in [0.15, 0.2) is 30.2 Å². The van der Waals surface area contributed by atoms with Crippen LogP contribution in [0, 0.1) is 0 Å². The minimum absolute atomic E-state index is 0.717. The van der Waals surface area contributed by atoms with E-state index in [1.54, 1.807) is 41.5 Å². The van der Waals surface area contributed by atoms with Crippen LogP contribution in [0.2, 0.25) is 5.02 Å². The zero-order valence-electron chi connectivity index (χ0n) is 6.07. The molecule has 0 spiro atoms. The highest BCUT2D eigenvalue weighted by molar-refractivity contribution is 7.13. The smallest absolute Gasteiger partial charge is 0.0798 e. The van der Waals surface area contributed by atoms with Crippen molar-refractivity contribution in [1.29, 1.82) is 0 Å². The third kappa shape index (κ3) is 1.33. The van der Waals surface area contributed by atoms with Crippen LogP contribution >= 0.6 is 22.9 Å². The van der Waals surface area contributed by atoms with Crippen molar-refractivity contribution in [2.24, 2.45) is 0 Å². The number of rotatable bonds is 1. The maximum atomic E-state index is 5.95. The van der Waals surface area contributed by atoms with Crippen molar-refractivity contribution >= 4 is 22.9 Å². The van der Waals surface area contributed by atoms with E-state index in [9.17, 15) is 0 Å². The molecule has 0 aliphatic heterocycles. The van der Waals surface area contributed by atoms with E-state index in [4.69, 9.17) is 11.6 Å². The molecule has 60 valence electrons. The predicted molar refractivity (Wildman–Crippen MR) is 50.4 cm³/mol. The number of thiazole rings is 1. The van der Waals surface area contributed by atoms with E-state index in [0.717, 1.165) is 10.4 Å². The van der Waals surface area contributed by atoms with Gasteiger partial charge in [0.2, 0.25) is 0 Å². The Morgan fingerprint density at radius 1 is 1.25 bits per heavy atom. The highest BCUT2D eigenvalue weighted by Gasteiger charge is 2.03. The summed E-state index contributed by atoms with van der Waals surface area (Å²) in [4.78, 5) is 9.02. The molecule has 0 aliphatic rings. The molecule has 0 unspecified atom stereocenters. The number of pyridine rings is 1. The second-order valence-corrected chi connectivity index (χ2v) is 3.51. The lowest BCUT2D eigenvalue weighted by molar-refractivity contribution is 1.33. The van der Waals surface area contributed by atoms with Crippen LogP contribution in [0.4, 0.5) is 0 Å². The van der Waals surface area contributed by atoms with Crippen LogP contribution in [0.1, 0.15) is 0 Å². The van der Waals surface area contributed by atoms with Crippen LogP contribution in [0.3, 0.4) is 0 Å². The highest BCUT2D eigenvalue weighted by atomic mass is 35.5. The molecule has 2 aromatic heterocycles. The molecule has 2 aromatic rings. The van der Waals surface area contributed by atoms with E-state index in [1.807, 2.05) is 0 Å². The molecule has 0 aromatic carbocycles. The van der Waals surface area contributed by atoms with E-state index in [0.29, 0.717) is 5.02 Å². The quantitative estimate of drug-likeness (QED) is 0.701. The first-order chi connectivity index (χ1) is 5.88. The van der Waals surface area contributed by atoms with Gasteiger partial charge in [0.1, 0.15) is 0 Å². The molecule has 0 radical (unpaired) electrons. The van der Waals surface area contributed by atoms with E-state index in [1.165, 1.54) is 0 Å². The molecular weight excluding hydrogens is 192 g/mol. The number of nitrogens with zero attached hydrogens (tertiary/aromatic N) is 2. The first-order valence-electron chi connectivity index (χ1n) is 3.36. The molecule has 0 saturated heterocycles. The van der Waals surface area contributed by atoms with Gasteiger partial charge in [0.05, 0.1) is 15.4 Å². The minimum Gasteiger partial charge on any atom is -0.264 e. The zero-order valence-corrected chi connectivity index (χ0v) is 7.64. The topological polar surface area (TPSA) is 25.8 Å². The van der Waals surface area contributed by atoms with Crippen molar-refractivity contribution in [3.63, 3.8) is 0 Å². The molecule has 0 atom stereocenters. The summed E-state index contributed by atoms with van der Waals surface area (Å²) in [6.45, 7) is 0. The first kappa shape index (κ1) is 7.71. The molecule has 2 nitrogen and oxygen atoms in total. The van der Waals surface area contributed by atoms with E-state index in [2.05, 4.69) is 9.97 Å². The lowest BCUT2D eigenvalue weighted by Crippen LogP contribution is -1.76. The summed E-state index contributed by atoms with van der Waals surface area (Å²) in [6, 6.07) is 1.77. The normalized spacial score (nSPS) is 10.1. The van der Waals surface area contributed by atoms with Gasteiger partial charge in [-0.25, -0.2) is 0 Å². The second-order valence-electron chi connectivity index (χ2n) is 2.22. The van der Waals surface area contributed by atoms with Crippen molar-refractivity contribution in [2.75, 3.05) is 0 Å². The third-order valence-corrected chi connectivity index (χ3v) is 2.60. The summed E-state index contributed by atoms with van der Waals surface area (Å²) >= 11 is 7.51. The summed E-state index contributed by atoms with van der Waals surface area (Å²) in [5, 5.41) is 0.717. The Morgan fingerprint density at radius 3 is 2.83 bits per heavy atom. The summed E-state index contributed by atoms with van der Waals surface area (Å²) < 4.78 is 0. The fraction of sp³-hybridized carbons (Fsp3) is 0. The van der Waals surface area contributed by atoms with Crippen molar-refractivity contribution in [3.05, 3.63) is 35.2 Å². The minimum atomic E-state index is 0.717. The van der Waals surface area contributed by atoms with Gasteiger partial charge in [-0.2, -0.15) is 0 Å². The van der Waals surface area contributed by atoms with Gasteiger partial charge in [0.25, 0.3) is 0 Å². The Labute approximate surface area is 78.9 Å². The molecule has 2 rings (SSSR count). The Hall–Kier alpha value is -0.930. The van der Waals surface area contributed by atoms with E-state index in [-0.39, 0.29) is 0 Å². The van der Waals surface area contributed by atoms with Crippen LogP contribution in [-0.2, 0) is 0 Å². The summed E-state index contributed by atoms with van der Waals surface area (Å²) in [5.74, 6) is 0. The van der Waals surface area contributed by atoms with Crippen LogP contribution < -0.4 is 0 Å². The van der Waals surface area contributed by atoms with Crippen molar-refractivity contribution in [2.45, 2.75) is 0 Å². The van der Waals surface area contributed by atoms with Crippen molar-refractivity contribution in [1.82, 2.24) is 9.97 Å². The fourth-order valence-corrected chi connectivity index (χ4v) is 1.82. The van der Waals surface area contributed by atoms with Gasteiger partial charge in [0, 0.05) is 24.2 Å². The Balaban J connectivity index is 2.55. The SMILES string of the molecule is Clc1ccncc1-c1cncs1. The average molecular weight is 197 g/mol. The Kier molecular flexibility index (Phi) is 2.06. The van der Waals surface area contributed by atoms with Crippen LogP contribution in [0.25, 0.3) is 10.4 Å². The fourth-order valence-electron chi connectivity index (χ4n) is 0.908. The van der Waals surface area contributed by atoms with Crippen LogP contribution in [0.5, 0.6) is 0 Å². The molecule has 0 N–H and O–H groups in total. The number of halogens is 1. The maximum Gasteiger partial charge on any atom is 0.0798 e. The van der Waals surface area contributed by atoms with Gasteiger partial charge in [-0.1, -0.05) is 11.6 Å². The van der Waals surface area contributed by atoms with E-state index >= 15 is 0 Å². The molecule has 12 heavy (non-hydrogen) atoms. The summed E-state index contributed by atoms with van der Waals surface area (Å²) in [7, 11) is 0. The standard InChI is InChI=1S/C8H5ClN2S/c9-7-1-2-10-3-6(7)8-4-11-5-12-8/h1-5H. The van der Waals surface area contributed by atoms with Gasteiger partial charge in [0.15, 0.2) is 0 Å². The third-order valence-electron chi connectivity index (χ3n) is 1.47. The Morgan fingerprint density at radius 2 is 2.17 bits per heavy atom. The average Bonchev–Trinajstić information content (AvgIpc) is 2.57. The highest BCUT2D eigenvalue weighted by Crippen LogP contribution is 2.28. The Bertz CT molecular complexity index is 372. The molecule has 2 heterocycles. The molecule has 0 fully saturated rings. The van der Waals surface area contributed by atoms with Crippen molar-refractivity contribution < 1.29 is 0 Å². The van der Waals surface area contributed by atoms with E-state index < -0.39 is 0 Å². The number of hydrogen-bond donors (Lipinski definition) is 0. The van der Waals surface area contributed by atoms with Crippen LogP contribution in [-0.4, -0.2) is 9.97 Å². The van der Waals surface area contributed by atoms with Crippen molar-refractivity contribution in [3.8, 4) is 10.4 Å². The molecule has 0 aliphatic carbocycles. The molecule has 4 heteroatoms. The molecule has 0 bridgehead atoms. The summed E-state index contributed by atoms with van der Waals surface area (Å²) in [6.07, 6.45) is 5.20. The monoisotopic (exact) mass is 196 g/mol. The second kappa shape index (κ2) is 3.21. The first-order valence-corrected chi connectivity index (χ1v) is 4.62. The van der Waals surface area contributed by atoms with Gasteiger partial charge in [-0.05, 0) is 6.07 Å². The number of aromatic nitrogens is 2. The van der Waals surface area contributed by atoms with Gasteiger partial charge < -0.3 is 0 Å². The lowest BCUT2D eigenvalue weighted by atomic mass is 10.2. The zero-order chi connectivity index (χ0) is 8.39. The van der Waals surface area contributed by atoms with Gasteiger partial charge in [-0.15, -0.1) is 11.3 Å². The van der Waals surface area contributed by atoms with Gasteiger partial charge in [-0.3, -0.25) is 9.97 Å². The maximum absolute atomic E-state index is 5.95. The number of hydrogen-bond acceptors (Lipinski definition) is 3. The molecule has 0 saturated carbocycles. The molecule has 0 amide bonds. The predicted octanol–water partition coefficient (Wildman–Crippen LogP) is 2.86.